The molecule has 7 nitrogen and oxygen atoms in total. The van der Waals surface area contributed by atoms with Gasteiger partial charge in [0.1, 0.15) is 18.3 Å². The SMILES string of the molecule is [O]C1(O)O[C@H](COCc2ccccc2)[C@@H](OCc2ccccc2)[C@H](OCc2ccccc2)[C@H]1OCc1ccccc1. The van der Waals surface area contributed by atoms with Gasteiger partial charge >= 0.3 is 5.97 Å². The summed E-state index contributed by atoms with van der Waals surface area (Å²) in [5.41, 5.74) is 3.68. The van der Waals surface area contributed by atoms with Crippen LogP contribution in [0.2, 0.25) is 0 Å². The molecule has 7 heteroatoms. The fourth-order valence-electron chi connectivity index (χ4n) is 4.82. The highest BCUT2D eigenvalue weighted by Gasteiger charge is 2.57. The standard InChI is InChI=1S/C34H35O7/c35-34(36)33(40-24-29-19-11-4-12-20-29)32(39-23-28-17-9-3-10-18-28)31(38-22-27-15-7-2-8-16-27)30(41-34)25-37-21-26-13-5-1-6-14-26/h1-20,30-33,35H,21-25H2/t30-,31-,32+,33-,34?/m1/s1. The van der Waals surface area contributed by atoms with Crippen LogP contribution in [-0.2, 0) is 55.2 Å². The summed E-state index contributed by atoms with van der Waals surface area (Å²) in [6.07, 6.45) is -4.02. The highest BCUT2D eigenvalue weighted by Crippen LogP contribution is 2.34. The third-order valence-corrected chi connectivity index (χ3v) is 6.91. The summed E-state index contributed by atoms with van der Waals surface area (Å²) in [5, 5.41) is 24.7. The van der Waals surface area contributed by atoms with Gasteiger partial charge in [-0.15, -0.1) is 0 Å². The van der Waals surface area contributed by atoms with Gasteiger partial charge in [-0.3, -0.25) is 0 Å². The number of aliphatic hydroxyl groups is 1. The maximum Gasteiger partial charge on any atom is 0.340 e. The van der Waals surface area contributed by atoms with Crippen LogP contribution in [0, 0.1) is 0 Å². The molecular weight excluding hydrogens is 520 g/mol. The lowest BCUT2D eigenvalue weighted by molar-refractivity contribution is -0.466. The summed E-state index contributed by atoms with van der Waals surface area (Å²) in [6, 6.07) is 38.5. The van der Waals surface area contributed by atoms with Crippen LogP contribution < -0.4 is 0 Å². The molecule has 1 radical (unpaired) electrons. The van der Waals surface area contributed by atoms with Gasteiger partial charge in [-0.25, -0.2) is 0 Å². The van der Waals surface area contributed by atoms with Crippen molar-refractivity contribution in [2.45, 2.75) is 56.8 Å². The Bertz CT molecular complexity index is 1290. The Morgan fingerprint density at radius 2 is 0.951 bits per heavy atom. The van der Waals surface area contributed by atoms with Gasteiger partial charge in [-0.05, 0) is 22.3 Å². The molecule has 41 heavy (non-hydrogen) atoms. The van der Waals surface area contributed by atoms with E-state index in [2.05, 4.69) is 0 Å². The Hall–Kier alpha value is -3.40. The lowest BCUT2D eigenvalue weighted by Gasteiger charge is -2.46. The van der Waals surface area contributed by atoms with Gasteiger partial charge < -0.3 is 28.8 Å². The van der Waals surface area contributed by atoms with Gasteiger partial charge in [0.05, 0.1) is 33.0 Å². The predicted octanol–water partition coefficient (Wildman–Crippen LogP) is 5.43. The van der Waals surface area contributed by atoms with Crippen molar-refractivity contribution < 1.29 is 33.9 Å². The van der Waals surface area contributed by atoms with Crippen molar-refractivity contribution in [1.29, 1.82) is 0 Å². The summed E-state index contributed by atoms with van der Waals surface area (Å²) in [6.45, 7) is 0.848. The summed E-state index contributed by atoms with van der Waals surface area (Å²) in [5.74, 6) is -2.90. The van der Waals surface area contributed by atoms with E-state index in [1.165, 1.54) is 0 Å². The van der Waals surface area contributed by atoms with E-state index in [0.717, 1.165) is 22.3 Å². The van der Waals surface area contributed by atoms with E-state index in [0.29, 0.717) is 6.61 Å². The summed E-state index contributed by atoms with van der Waals surface area (Å²) >= 11 is 0. The molecule has 0 bridgehead atoms. The molecule has 0 aliphatic carbocycles. The minimum atomic E-state index is -2.90. The number of ether oxygens (including phenoxy) is 5. The first kappa shape index (κ1) is 29.1. The van der Waals surface area contributed by atoms with Crippen LogP contribution in [0.15, 0.2) is 121 Å². The van der Waals surface area contributed by atoms with Crippen LogP contribution in [0.4, 0.5) is 0 Å². The third kappa shape index (κ3) is 8.31. The highest BCUT2D eigenvalue weighted by molar-refractivity contribution is 5.16. The zero-order valence-corrected chi connectivity index (χ0v) is 22.8. The second kappa shape index (κ2) is 14.5. The van der Waals surface area contributed by atoms with Gasteiger partial charge in [-0.1, -0.05) is 121 Å². The average Bonchev–Trinajstić information content (AvgIpc) is 3.01. The quantitative estimate of drug-likeness (QED) is 0.221. The van der Waals surface area contributed by atoms with Crippen LogP contribution in [0.25, 0.3) is 0 Å². The normalized spacial score (nSPS) is 21.9. The van der Waals surface area contributed by atoms with E-state index in [1.54, 1.807) is 0 Å². The van der Waals surface area contributed by atoms with Gasteiger partial charge in [-0.2, -0.15) is 5.11 Å². The molecule has 1 fully saturated rings. The molecule has 1 unspecified atom stereocenters. The second-order valence-electron chi connectivity index (χ2n) is 10.0. The molecule has 4 aromatic rings. The molecule has 1 aliphatic heterocycles. The maximum atomic E-state index is 13.6. The van der Waals surface area contributed by atoms with Crippen molar-refractivity contribution in [3.05, 3.63) is 144 Å². The van der Waals surface area contributed by atoms with E-state index >= 15 is 0 Å². The zero-order chi connectivity index (χ0) is 28.3. The number of benzene rings is 4. The van der Waals surface area contributed by atoms with Gasteiger partial charge in [0.2, 0.25) is 0 Å². The lowest BCUT2D eigenvalue weighted by atomic mass is 9.96. The minimum absolute atomic E-state index is 0.00943. The molecule has 1 saturated heterocycles. The Labute approximate surface area is 240 Å². The molecule has 4 aromatic carbocycles. The molecule has 0 saturated carbocycles. The monoisotopic (exact) mass is 555 g/mol. The van der Waals surface area contributed by atoms with Crippen molar-refractivity contribution in [2.24, 2.45) is 0 Å². The first-order valence-corrected chi connectivity index (χ1v) is 13.8. The molecule has 213 valence electrons. The predicted molar refractivity (Wildman–Crippen MR) is 152 cm³/mol. The fourth-order valence-corrected chi connectivity index (χ4v) is 4.82. The zero-order valence-electron chi connectivity index (χ0n) is 22.8. The first-order valence-electron chi connectivity index (χ1n) is 13.8. The van der Waals surface area contributed by atoms with Crippen LogP contribution in [-0.4, -0.2) is 42.1 Å². The van der Waals surface area contributed by atoms with E-state index in [1.807, 2.05) is 121 Å². The number of hydrogen-bond acceptors (Lipinski definition) is 6. The molecule has 0 aromatic heterocycles. The molecular formula is C34H35O7. The van der Waals surface area contributed by atoms with Crippen LogP contribution in [0.5, 0.6) is 0 Å². The van der Waals surface area contributed by atoms with E-state index in [9.17, 15) is 10.2 Å². The van der Waals surface area contributed by atoms with Crippen molar-refractivity contribution in [3.8, 4) is 0 Å². The highest BCUT2D eigenvalue weighted by atomic mass is 16.8. The number of rotatable bonds is 13. The Morgan fingerprint density at radius 3 is 1.41 bits per heavy atom. The van der Waals surface area contributed by atoms with Crippen LogP contribution in [0.3, 0.4) is 0 Å². The Morgan fingerprint density at radius 1 is 0.561 bits per heavy atom. The van der Waals surface area contributed by atoms with Crippen molar-refractivity contribution >= 4 is 0 Å². The van der Waals surface area contributed by atoms with Crippen LogP contribution in [0.1, 0.15) is 22.3 Å². The Kier molecular flexibility index (Phi) is 10.3. The van der Waals surface area contributed by atoms with Crippen molar-refractivity contribution in [2.75, 3.05) is 6.61 Å². The van der Waals surface area contributed by atoms with Gasteiger partial charge in [0.25, 0.3) is 0 Å². The Balaban J connectivity index is 1.39. The first-order chi connectivity index (χ1) is 20.1. The van der Waals surface area contributed by atoms with Gasteiger partial charge in [0, 0.05) is 0 Å². The maximum absolute atomic E-state index is 13.6. The van der Waals surface area contributed by atoms with Crippen LogP contribution >= 0.6 is 0 Å². The molecule has 0 spiro atoms. The topological polar surface area (TPSA) is 86.3 Å². The van der Waals surface area contributed by atoms with E-state index in [-0.39, 0.29) is 26.4 Å². The average molecular weight is 556 g/mol. The molecule has 5 rings (SSSR count). The molecule has 0 amide bonds. The lowest BCUT2D eigenvalue weighted by Crippen LogP contribution is -2.66. The van der Waals surface area contributed by atoms with E-state index in [4.69, 9.17) is 23.7 Å². The van der Waals surface area contributed by atoms with Crippen molar-refractivity contribution in [1.82, 2.24) is 0 Å². The molecule has 1 heterocycles. The summed E-state index contributed by atoms with van der Waals surface area (Å²) in [4.78, 5) is 0. The molecule has 5 atom stereocenters. The molecule has 1 aliphatic rings. The largest absolute Gasteiger partial charge is 0.374 e. The van der Waals surface area contributed by atoms with Crippen molar-refractivity contribution in [3.63, 3.8) is 0 Å². The smallest absolute Gasteiger partial charge is 0.340 e. The minimum Gasteiger partial charge on any atom is -0.374 e. The van der Waals surface area contributed by atoms with Gasteiger partial charge in [0.15, 0.2) is 6.10 Å². The second-order valence-corrected chi connectivity index (χ2v) is 10.0. The molecule has 1 N–H and O–H groups in total. The number of hydrogen-bond donors (Lipinski definition) is 1. The third-order valence-electron chi connectivity index (χ3n) is 6.91. The summed E-state index contributed by atoms with van der Waals surface area (Å²) in [7, 11) is 0. The fraction of sp³-hybridized carbons (Fsp3) is 0.294. The summed E-state index contributed by atoms with van der Waals surface area (Å²) < 4.78 is 30.5. The van der Waals surface area contributed by atoms with E-state index < -0.39 is 30.4 Å².